The molecule has 1 saturated carbocycles. The third-order valence-corrected chi connectivity index (χ3v) is 14.5. The number of carbonyl (C=O) groups excluding carboxylic acids is 5. The molecule has 1 aromatic carbocycles. The number of fused-ring (bicyclic) bond motifs is 1. The second-order valence-electron chi connectivity index (χ2n) is 20.9. The molecule has 20 heteroatoms. The van der Waals surface area contributed by atoms with Gasteiger partial charge in [-0.05, 0) is 102 Å². The number of carbonyl (C=O) groups is 5. The molecule has 7 rings (SSSR count). The highest BCUT2D eigenvalue weighted by Gasteiger charge is 2.46. The van der Waals surface area contributed by atoms with Crippen molar-refractivity contribution < 1.29 is 32.8 Å². The number of hydrogen-bond acceptors (Lipinski definition) is 13. The molecule has 4 amide bonds. The van der Waals surface area contributed by atoms with Crippen LogP contribution in [0.5, 0.6) is 0 Å². The Morgan fingerprint density at radius 2 is 1.58 bits per heavy atom. The molecule has 3 aliphatic rings. The predicted molar refractivity (Wildman–Crippen MR) is 277 cm³/mol. The fourth-order valence-corrected chi connectivity index (χ4v) is 10.2. The average molecular weight is 1010 g/mol. The van der Waals surface area contributed by atoms with Crippen LogP contribution in [0.15, 0.2) is 47.5 Å². The number of Topliss-reactive ketones (excluding diaryl/α,β-unsaturated/α-hetero) is 1. The molecule has 2 aliphatic heterocycles. The number of nitrogens with zero attached hydrogens (tertiary/aromatic N) is 7. The lowest BCUT2D eigenvalue weighted by atomic mass is 9.85. The first kappa shape index (κ1) is 54.4. The molecule has 3 aromatic heterocycles. The minimum atomic E-state index is -1.17. The molecule has 1 aliphatic carbocycles. The second-order valence-corrected chi connectivity index (χ2v) is 20.9. The molecule has 3 fully saturated rings. The average Bonchev–Trinajstić information content (AvgIpc) is 4.05. The van der Waals surface area contributed by atoms with Crippen molar-refractivity contribution in [3.8, 4) is 0 Å². The first-order valence-corrected chi connectivity index (χ1v) is 25.8. The van der Waals surface area contributed by atoms with E-state index in [9.17, 15) is 37.5 Å². The number of piperazine rings is 1. The van der Waals surface area contributed by atoms with Gasteiger partial charge in [-0.2, -0.15) is 4.98 Å². The fourth-order valence-electron chi connectivity index (χ4n) is 10.2. The van der Waals surface area contributed by atoms with E-state index in [1.807, 2.05) is 18.3 Å². The summed E-state index contributed by atoms with van der Waals surface area (Å²) in [5.74, 6) is -3.25. The minimum absolute atomic E-state index is 0.00880. The topological polar surface area (TPSA) is 216 Å². The Hall–Kier alpha value is -6.41. The van der Waals surface area contributed by atoms with Crippen LogP contribution in [-0.2, 0) is 19.2 Å². The summed E-state index contributed by atoms with van der Waals surface area (Å²) in [7, 11) is 1.62. The predicted octanol–water partition coefficient (Wildman–Crippen LogP) is 6.16. The molecule has 0 bridgehead atoms. The van der Waals surface area contributed by atoms with E-state index in [0.29, 0.717) is 34.8 Å². The Morgan fingerprint density at radius 3 is 2.22 bits per heavy atom. The number of hydrogen-bond donors (Lipinski definition) is 5. The number of ketones is 1. The van der Waals surface area contributed by atoms with Gasteiger partial charge in [-0.1, -0.05) is 58.9 Å². The van der Waals surface area contributed by atoms with Gasteiger partial charge in [0.15, 0.2) is 5.78 Å². The maximum atomic E-state index is 14.6. The van der Waals surface area contributed by atoms with Gasteiger partial charge in [-0.25, -0.2) is 18.7 Å². The summed E-state index contributed by atoms with van der Waals surface area (Å²) in [5, 5.41) is 14.9. The van der Waals surface area contributed by atoms with Crippen molar-refractivity contribution in [2.75, 3.05) is 61.8 Å². The van der Waals surface area contributed by atoms with Crippen molar-refractivity contribution >= 4 is 63.6 Å². The van der Waals surface area contributed by atoms with Gasteiger partial charge in [-0.3, -0.25) is 38.2 Å². The molecular formula is C53H72F2N12O6. The first-order chi connectivity index (χ1) is 34.8. The van der Waals surface area contributed by atoms with E-state index < -0.39 is 64.6 Å². The van der Waals surface area contributed by atoms with Crippen LogP contribution < -0.4 is 37.0 Å². The van der Waals surface area contributed by atoms with Gasteiger partial charge >= 0.3 is 0 Å². The zero-order chi connectivity index (χ0) is 52.6. The Kier molecular flexibility index (Phi) is 17.9. The van der Waals surface area contributed by atoms with Crippen molar-refractivity contribution in [3.05, 3.63) is 75.8 Å². The van der Waals surface area contributed by atoms with Crippen molar-refractivity contribution in [2.45, 2.75) is 142 Å². The molecule has 0 spiro atoms. The maximum absolute atomic E-state index is 14.6. The Labute approximate surface area is 425 Å². The number of aromatic nitrogens is 4. The first-order valence-electron chi connectivity index (χ1n) is 25.8. The highest BCUT2D eigenvalue weighted by Crippen LogP contribution is 2.33. The van der Waals surface area contributed by atoms with E-state index >= 15 is 0 Å². The van der Waals surface area contributed by atoms with Gasteiger partial charge in [0.25, 0.3) is 5.56 Å². The van der Waals surface area contributed by atoms with Crippen LogP contribution in [0, 0.1) is 24.0 Å². The van der Waals surface area contributed by atoms with Gasteiger partial charge in [0, 0.05) is 62.8 Å². The number of aryl methyl sites for hydroxylation is 1. The highest BCUT2D eigenvalue weighted by atomic mass is 19.1. The second kappa shape index (κ2) is 24.1. The lowest BCUT2D eigenvalue weighted by Crippen LogP contribution is -2.59. The largest absolute Gasteiger partial charge is 0.368 e. The number of amides is 4. The van der Waals surface area contributed by atoms with Gasteiger partial charge in [-0.15, -0.1) is 0 Å². The zero-order valence-corrected chi connectivity index (χ0v) is 43.3. The summed E-state index contributed by atoms with van der Waals surface area (Å²) in [4.78, 5) is 100. The van der Waals surface area contributed by atoms with Crippen LogP contribution in [0.3, 0.4) is 0 Å². The monoisotopic (exact) mass is 1010 g/mol. The van der Waals surface area contributed by atoms with Crippen LogP contribution in [0.4, 0.5) is 31.9 Å². The van der Waals surface area contributed by atoms with Crippen molar-refractivity contribution in [1.82, 2.24) is 45.3 Å². The molecule has 4 aromatic rings. The van der Waals surface area contributed by atoms with Gasteiger partial charge in [0.05, 0.1) is 23.5 Å². The van der Waals surface area contributed by atoms with Gasteiger partial charge < -0.3 is 36.4 Å². The summed E-state index contributed by atoms with van der Waals surface area (Å²) in [6, 6.07) is 3.73. The highest BCUT2D eigenvalue weighted by molar-refractivity contribution is 6.00. The normalized spacial score (nSPS) is 18.4. The number of likely N-dealkylation sites (N-methyl/N-ethyl adjacent to an activating group) is 1. The van der Waals surface area contributed by atoms with Gasteiger partial charge in [0.2, 0.25) is 29.6 Å². The molecule has 0 unspecified atom stereocenters. The third kappa shape index (κ3) is 13.2. The van der Waals surface area contributed by atoms with Crippen LogP contribution in [0.25, 0.3) is 11.0 Å². The molecule has 18 nitrogen and oxygen atoms in total. The van der Waals surface area contributed by atoms with Crippen molar-refractivity contribution in [2.24, 2.45) is 5.41 Å². The molecular weight excluding hydrogens is 939 g/mol. The number of benzene rings is 1. The lowest BCUT2D eigenvalue weighted by molar-refractivity contribution is -0.143. The number of pyridine rings is 2. The summed E-state index contributed by atoms with van der Waals surface area (Å²) >= 11 is 0. The van der Waals surface area contributed by atoms with Crippen molar-refractivity contribution in [3.63, 3.8) is 0 Å². The molecule has 2 saturated heterocycles. The van der Waals surface area contributed by atoms with E-state index in [4.69, 9.17) is 4.98 Å². The number of rotatable bonds is 20. The lowest BCUT2D eigenvalue weighted by Gasteiger charge is -2.36. The number of nitrogens with one attached hydrogen (secondary N) is 5. The van der Waals surface area contributed by atoms with Crippen LogP contribution in [0.1, 0.15) is 127 Å². The summed E-state index contributed by atoms with van der Waals surface area (Å²) < 4.78 is 30.9. The van der Waals surface area contributed by atoms with E-state index in [2.05, 4.69) is 46.4 Å². The molecule has 5 heterocycles. The molecule has 4 atom stereocenters. The standard InChI is InChI=1S/C53H72F2N12O6/c1-32-38-30-58-52(63-47(38)67(36-16-12-13-17-36)50(72)44(32)34(3)68)60-42-22-21-37(29-57-42)65-26-24-64(25-27-65)23-14-10-8-9-11-20-43(69)59-35-28-41(49(71)61-45-39(54)18-15-19-40(45)55)66(31-35)51(73)46(53(4,5)6)62-48(70)33(2)56-7/h15,18-19,21-22,29-30,33,35-36,41,46,56H,8-14,16-17,20,23-28,31H2,1-7H3,(H,59,69)(H,61,71)(H,62,70)(H,57,58,60,63)/t33-,35-,41-,46+/m0/s1. The number of para-hydroxylation sites is 1. The molecule has 73 heavy (non-hydrogen) atoms. The number of unbranched alkanes of at least 4 members (excludes halogenated alkanes) is 4. The molecule has 394 valence electrons. The summed E-state index contributed by atoms with van der Waals surface area (Å²) in [5.41, 5.74) is 0.663. The number of anilines is 4. The molecule has 0 radical (unpaired) electrons. The Balaban J connectivity index is 0.836. The number of likely N-dealkylation sites (tertiary alicyclic amines) is 1. The van der Waals surface area contributed by atoms with Crippen LogP contribution >= 0.6 is 0 Å². The van der Waals surface area contributed by atoms with E-state index in [0.717, 1.165) is 102 Å². The SMILES string of the molecule is CN[C@@H](C)C(=O)N[C@H](C(=O)N1C[C@@H](NC(=O)CCCCCCCN2CCN(c3ccc(Nc4ncc5c(C)c(C(C)=O)c(=O)n(C6CCCC6)c5n4)nc3)CC2)C[C@H]1C(=O)Nc1c(F)cccc1F)C(C)(C)C. The maximum Gasteiger partial charge on any atom is 0.263 e. The van der Waals surface area contributed by atoms with Crippen molar-refractivity contribution in [1.29, 1.82) is 0 Å². The summed E-state index contributed by atoms with van der Waals surface area (Å²) in [6.45, 7) is 14.8. The fraction of sp³-hybridized carbons (Fsp3) is 0.566. The smallest absolute Gasteiger partial charge is 0.263 e. The van der Waals surface area contributed by atoms with E-state index in [1.165, 1.54) is 17.9 Å². The van der Waals surface area contributed by atoms with Gasteiger partial charge in [0.1, 0.15) is 40.9 Å². The van der Waals surface area contributed by atoms with E-state index in [-0.39, 0.29) is 48.2 Å². The van der Waals surface area contributed by atoms with Crippen LogP contribution in [-0.4, -0.2) is 129 Å². The quantitative estimate of drug-likeness (QED) is 0.0496. The van der Waals surface area contributed by atoms with E-state index in [1.54, 1.807) is 52.4 Å². The third-order valence-electron chi connectivity index (χ3n) is 14.5. The molecule has 5 N–H and O–H groups in total. The zero-order valence-electron chi connectivity index (χ0n) is 43.3. The Morgan fingerprint density at radius 1 is 0.890 bits per heavy atom. The summed E-state index contributed by atoms with van der Waals surface area (Å²) in [6.07, 6.45) is 12.2. The van der Waals surface area contributed by atoms with Crippen LogP contribution in [0.2, 0.25) is 0 Å². The Bertz CT molecular complexity index is 2680. The minimum Gasteiger partial charge on any atom is -0.368 e. The number of halogens is 2.